The Morgan fingerprint density at radius 3 is 2.56 bits per heavy atom. The second-order valence-corrected chi connectivity index (χ2v) is 10.1. The molecule has 1 aliphatic heterocycles. The number of nitrogens with one attached hydrogen (secondary N) is 2. The number of thiophene rings is 1. The van der Waals surface area contributed by atoms with Crippen molar-refractivity contribution in [2.45, 2.75) is 44.6 Å². The summed E-state index contributed by atoms with van der Waals surface area (Å²) in [4.78, 5) is 31.5. The molecule has 182 valence electrons. The molecule has 2 heterocycles. The summed E-state index contributed by atoms with van der Waals surface area (Å²) in [6.07, 6.45) is 0.0445. The lowest BCUT2D eigenvalue weighted by molar-refractivity contribution is -0.120. The van der Waals surface area contributed by atoms with Crippen LogP contribution in [0.3, 0.4) is 0 Å². The van der Waals surface area contributed by atoms with Crippen molar-refractivity contribution < 1.29 is 27.6 Å². The average Bonchev–Trinajstić information content (AvgIpc) is 3.49. The molecule has 0 radical (unpaired) electrons. The van der Waals surface area contributed by atoms with Gasteiger partial charge in [-0.05, 0) is 49.4 Å². The fraction of sp³-hybridized carbons (Fsp3) is 0.409. The van der Waals surface area contributed by atoms with E-state index in [1.807, 2.05) is 5.32 Å². The molecule has 6 nitrogen and oxygen atoms in total. The van der Waals surface area contributed by atoms with E-state index in [2.05, 4.69) is 10.5 Å². The number of hydrogen-bond acceptors (Lipinski definition) is 5. The summed E-state index contributed by atoms with van der Waals surface area (Å²) in [5.41, 5.74) is 2.21. The lowest BCUT2D eigenvalue weighted by Gasteiger charge is -2.22. The third-order valence-corrected chi connectivity index (χ3v) is 7.63. The summed E-state index contributed by atoms with van der Waals surface area (Å²) < 4.78 is 38.3. The predicted octanol–water partition coefficient (Wildman–Crippen LogP) is 4.83. The molecule has 0 saturated carbocycles. The summed E-state index contributed by atoms with van der Waals surface area (Å²) in [5.74, 6) is -1.84. The van der Waals surface area contributed by atoms with Crippen LogP contribution in [0.1, 0.15) is 51.0 Å². The van der Waals surface area contributed by atoms with Gasteiger partial charge < -0.3 is 15.5 Å². The van der Waals surface area contributed by atoms with Gasteiger partial charge in [0.05, 0.1) is 32.9 Å². The van der Waals surface area contributed by atoms with Crippen molar-refractivity contribution in [2.75, 3.05) is 13.1 Å². The monoisotopic (exact) mass is 533 g/mol. The van der Waals surface area contributed by atoms with Crippen LogP contribution in [0.4, 0.5) is 13.2 Å². The Balaban J connectivity index is 1.51. The van der Waals surface area contributed by atoms with Crippen LogP contribution in [-0.4, -0.2) is 37.0 Å². The predicted molar refractivity (Wildman–Crippen MR) is 124 cm³/mol. The van der Waals surface area contributed by atoms with Crippen molar-refractivity contribution in [3.8, 4) is 0 Å². The highest BCUT2D eigenvalue weighted by Crippen LogP contribution is 2.43. The van der Waals surface area contributed by atoms with Gasteiger partial charge >= 0.3 is 0 Å². The van der Waals surface area contributed by atoms with Gasteiger partial charge in [0.2, 0.25) is 5.91 Å². The molecule has 2 amide bonds. The van der Waals surface area contributed by atoms with Gasteiger partial charge in [0.25, 0.3) is 12.3 Å². The number of carbonyl (C=O) groups is 2. The first kappa shape index (κ1) is 24.8. The Morgan fingerprint density at radius 1 is 1.21 bits per heavy atom. The molecular formula is C22H20Cl2F3N3O3S. The normalized spacial score (nSPS) is 19.1. The van der Waals surface area contributed by atoms with Crippen LogP contribution >= 0.6 is 34.5 Å². The van der Waals surface area contributed by atoms with Gasteiger partial charge in [-0.1, -0.05) is 28.4 Å². The largest absolute Gasteiger partial charge is 0.384 e. The molecule has 1 atom stereocenters. The number of amides is 2. The van der Waals surface area contributed by atoms with Crippen LogP contribution in [0.15, 0.2) is 17.3 Å². The second-order valence-electron chi connectivity index (χ2n) is 8.24. The van der Waals surface area contributed by atoms with Crippen molar-refractivity contribution >= 4 is 52.1 Å². The van der Waals surface area contributed by atoms with E-state index in [1.165, 1.54) is 23.5 Å². The zero-order valence-electron chi connectivity index (χ0n) is 17.9. The van der Waals surface area contributed by atoms with Gasteiger partial charge in [-0.15, -0.1) is 11.3 Å². The van der Waals surface area contributed by atoms with Gasteiger partial charge in [-0.2, -0.15) is 0 Å². The summed E-state index contributed by atoms with van der Waals surface area (Å²) in [7, 11) is 0. The Kier molecular flexibility index (Phi) is 7.12. The smallest absolute Gasteiger partial charge is 0.262 e. The highest BCUT2D eigenvalue weighted by molar-refractivity contribution is 7.16. The fourth-order valence-corrected chi connectivity index (χ4v) is 5.84. The first-order valence-electron chi connectivity index (χ1n) is 10.5. The van der Waals surface area contributed by atoms with E-state index in [0.29, 0.717) is 29.0 Å². The Labute approximate surface area is 207 Å². The molecular weight excluding hydrogens is 514 g/mol. The fourth-order valence-electron chi connectivity index (χ4n) is 4.06. The lowest BCUT2D eigenvalue weighted by Crippen LogP contribution is -2.38. The molecule has 0 unspecified atom stereocenters. The maximum absolute atomic E-state index is 13.9. The van der Waals surface area contributed by atoms with E-state index < -0.39 is 42.7 Å². The zero-order valence-corrected chi connectivity index (χ0v) is 20.3. The molecule has 0 bridgehead atoms. The Morgan fingerprint density at radius 2 is 1.88 bits per heavy atom. The molecule has 34 heavy (non-hydrogen) atoms. The van der Waals surface area contributed by atoms with Crippen LogP contribution in [-0.2, 0) is 28.1 Å². The van der Waals surface area contributed by atoms with Gasteiger partial charge in [0.15, 0.2) is 11.4 Å². The van der Waals surface area contributed by atoms with E-state index in [9.17, 15) is 22.8 Å². The highest BCUT2D eigenvalue weighted by Gasteiger charge is 2.40. The third-order valence-electron chi connectivity index (χ3n) is 5.76. The van der Waals surface area contributed by atoms with Crippen LogP contribution in [0, 0.1) is 5.82 Å². The minimum atomic E-state index is -2.66. The summed E-state index contributed by atoms with van der Waals surface area (Å²) in [5, 5.41) is 8.57. The number of halogens is 5. The Hall–Kier alpha value is -2.30. The van der Waals surface area contributed by atoms with Gasteiger partial charge in [0, 0.05) is 12.0 Å². The molecule has 2 aliphatic rings. The molecule has 2 aromatic rings. The molecule has 1 aliphatic carbocycles. The molecule has 4 rings (SSSR count). The van der Waals surface area contributed by atoms with E-state index in [4.69, 9.17) is 28.0 Å². The molecule has 0 spiro atoms. The second kappa shape index (κ2) is 9.75. The van der Waals surface area contributed by atoms with E-state index in [1.54, 1.807) is 6.92 Å². The standard InChI is InChI=1S/C22H20Cl2F3N3O3S/c1-22(10-5-13(23)18(27)14(24)6-10)7-15(30-33-22)19-11-3-2-4-12(11)20(34-19)21(32)29-9-17(31)28-8-16(25)26/h5-6,16H,2-4,7-9H2,1H3,(H,28,31)(H,29,32)/t22-/m0/s1. The minimum absolute atomic E-state index is 0.116. The summed E-state index contributed by atoms with van der Waals surface area (Å²) in [6, 6.07) is 2.91. The topological polar surface area (TPSA) is 79.8 Å². The van der Waals surface area contributed by atoms with E-state index in [0.717, 1.165) is 28.8 Å². The van der Waals surface area contributed by atoms with E-state index in [-0.39, 0.29) is 10.0 Å². The van der Waals surface area contributed by atoms with Gasteiger partial charge in [-0.3, -0.25) is 9.59 Å². The number of hydrogen-bond donors (Lipinski definition) is 2. The van der Waals surface area contributed by atoms with Crippen molar-refractivity contribution in [2.24, 2.45) is 5.16 Å². The quantitative estimate of drug-likeness (QED) is 0.500. The van der Waals surface area contributed by atoms with Crippen LogP contribution in [0.5, 0.6) is 0 Å². The number of benzene rings is 1. The number of carbonyl (C=O) groups excluding carboxylic acids is 2. The number of rotatable bonds is 7. The molecule has 12 heteroatoms. The van der Waals surface area contributed by atoms with Crippen molar-refractivity contribution in [3.63, 3.8) is 0 Å². The number of oxime groups is 1. The van der Waals surface area contributed by atoms with Crippen molar-refractivity contribution in [1.82, 2.24) is 10.6 Å². The first-order chi connectivity index (χ1) is 16.1. The van der Waals surface area contributed by atoms with Gasteiger partial charge in [0.1, 0.15) is 5.71 Å². The highest BCUT2D eigenvalue weighted by atomic mass is 35.5. The summed E-state index contributed by atoms with van der Waals surface area (Å²) in [6.45, 7) is 0.626. The van der Waals surface area contributed by atoms with Crippen molar-refractivity contribution in [3.05, 3.63) is 54.4 Å². The number of nitrogens with zero attached hydrogens (tertiary/aromatic N) is 1. The summed E-state index contributed by atoms with van der Waals surface area (Å²) >= 11 is 13.2. The molecule has 0 saturated heterocycles. The minimum Gasteiger partial charge on any atom is -0.384 e. The zero-order chi connectivity index (χ0) is 24.6. The number of fused-ring (bicyclic) bond motifs is 1. The molecule has 0 fully saturated rings. The van der Waals surface area contributed by atoms with E-state index >= 15 is 0 Å². The Bertz CT molecular complexity index is 1160. The molecule has 1 aromatic heterocycles. The SMILES string of the molecule is C[C@@]1(c2cc(Cl)c(F)c(Cl)c2)CC(c2sc(C(=O)NCC(=O)NCC(F)F)c3c2CCC3)=NO1. The maximum atomic E-state index is 13.9. The van der Waals surface area contributed by atoms with Crippen LogP contribution in [0.25, 0.3) is 0 Å². The van der Waals surface area contributed by atoms with Crippen LogP contribution in [0.2, 0.25) is 10.0 Å². The maximum Gasteiger partial charge on any atom is 0.262 e. The first-order valence-corrected chi connectivity index (χ1v) is 12.0. The van der Waals surface area contributed by atoms with Crippen molar-refractivity contribution in [1.29, 1.82) is 0 Å². The third kappa shape index (κ3) is 4.89. The lowest BCUT2D eigenvalue weighted by atomic mass is 9.90. The number of alkyl halides is 2. The van der Waals surface area contributed by atoms with Gasteiger partial charge in [-0.25, -0.2) is 13.2 Å². The average molecular weight is 534 g/mol. The molecule has 2 N–H and O–H groups in total. The van der Waals surface area contributed by atoms with Crippen LogP contribution < -0.4 is 10.6 Å². The molecule has 1 aromatic carbocycles.